The number of hydrogen-bond acceptors (Lipinski definition) is 3. The van der Waals surface area contributed by atoms with Gasteiger partial charge in [-0.05, 0) is 0 Å². The van der Waals surface area contributed by atoms with Crippen molar-refractivity contribution in [3.8, 4) is 0 Å². The lowest BCUT2D eigenvalue weighted by atomic mass is 10.2. The number of nitrogens with one attached hydrogen (secondary N) is 1. The SMILES string of the molecule is O=C(CO)c1cc(=O)cc[nH]1. The molecule has 0 spiro atoms. The molecule has 0 amide bonds. The molecule has 0 aliphatic heterocycles. The van der Waals surface area contributed by atoms with E-state index in [4.69, 9.17) is 5.11 Å². The van der Waals surface area contributed by atoms with E-state index in [0.717, 1.165) is 6.07 Å². The van der Waals surface area contributed by atoms with Gasteiger partial charge < -0.3 is 10.1 Å². The smallest absolute Gasteiger partial charge is 0.204 e. The van der Waals surface area contributed by atoms with Crippen LogP contribution in [0, 0.1) is 0 Å². The van der Waals surface area contributed by atoms with E-state index in [1.165, 1.54) is 12.3 Å². The summed E-state index contributed by atoms with van der Waals surface area (Å²) in [7, 11) is 0. The number of aliphatic hydroxyl groups excluding tert-OH is 1. The Morgan fingerprint density at radius 2 is 2.36 bits per heavy atom. The fourth-order valence-electron chi connectivity index (χ4n) is 0.692. The van der Waals surface area contributed by atoms with Crippen molar-refractivity contribution in [2.24, 2.45) is 0 Å². The monoisotopic (exact) mass is 153 g/mol. The van der Waals surface area contributed by atoms with Crippen molar-refractivity contribution < 1.29 is 9.90 Å². The summed E-state index contributed by atoms with van der Waals surface area (Å²) in [6.07, 6.45) is 1.37. The molecule has 58 valence electrons. The average Bonchev–Trinajstić information content (AvgIpc) is 2.03. The van der Waals surface area contributed by atoms with E-state index >= 15 is 0 Å². The third kappa shape index (κ3) is 1.75. The number of aromatic amines is 1. The van der Waals surface area contributed by atoms with Gasteiger partial charge in [-0.25, -0.2) is 0 Å². The summed E-state index contributed by atoms with van der Waals surface area (Å²) in [5.41, 5.74) is -0.111. The Balaban J connectivity index is 3.05. The first-order chi connectivity index (χ1) is 5.24. The molecule has 0 aliphatic rings. The van der Waals surface area contributed by atoms with Gasteiger partial charge in [0.05, 0.1) is 5.69 Å². The van der Waals surface area contributed by atoms with Crippen molar-refractivity contribution in [2.75, 3.05) is 6.61 Å². The minimum atomic E-state index is -0.583. The first-order valence-electron chi connectivity index (χ1n) is 3.07. The standard InChI is InChI=1S/C7H7NO3/c9-4-7(11)6-3-5(10)1-2-8-6/h1-3,9H,4H2,(H,8,10). The van der Waals surface area contributed by atoms with Gasteiger partial charge in [0.25, 0.3) is 0 Å². The third-order valence-corrected chi connectivity index (χ3v) is 1.22. The molecule has 0 radical (unpaired) electrons. The highest BCUT2D eigenvalue weighted by Gasteiger charge is 2.02. The van der Waals surface area contributed by atoms with Crippen molar-refractivity contribution in [3.63, 3.8) is 0 Å². The lowest BCUT2D eigenvalue weighted by Gasteiger charge is -1.93. The fourth-order valence-corrected chi connectivity index (χ4v) is 0.692. The van der Waals surface area contributed by atoms with Crippen LogP contribution in [0.4, 0.5) is 0 Å². The Hall–Kier alpha value is -1.42. The average molecular weight is 153 g/mol. The molecule has 1 rings (SSSR count). The van der Waals surface area contributed by atoms with Gasteiger partial charge in [0, 0.05) is 18.3 Å². The highest BCUT2D eigenvalue weighted by Crippen LogP contribution is 1.88. The molecular formula is C7H7NO3. The Morgan fingerprint density at radius 1 is 1.64 bits per heavy atom. The first-order valence-corrected chi connectivity index (χ1v) is 3.07. The molecule has 0 bridgehead atoms. The molecule has 1 heterocycles. The van der Waals surface area contributed by atoms with Crippen LogP contribution in [0.15, 0.2) is 23.1 Å². The molecule has 0 aromatic carbocycles. The number of ketones is 1. The number of carbonyl (C=O) groups is 1. The molecule has 0 unspecified atom stereocenters. The number of hydrogen-bond donors (Lipinski definition) is 2. The van der Waals surface area contributed by atoms with Crippen molar-refractivity contribution in [1.29, 1.82) is 0 Å². The quantitative estimate of drug-likeness (QED) is 0.565. The Morgan fingerprint density at radius 3 is 2.91 bits per heavy atom. The van der Waals surface area contributed by atoms with Gasteiger partial charge in [0.1, 0.15) is 6.61 Å². The summed E-state index contributed by atoms with van der Waals surface area (Å²) in [5.74, 6) is -0.484. The van der Waals surface area contributed by atoms with Gasteiger partial charge in [-0.3, -0.25) is 9.59 Å². The normalized spacial score (nSPS) is 9.55. The summed E-state index contributed by atoms with van der Waals surface area (Å²) < 4.78 is 0. The number of pyridine rings is 1. The Kier molecular flexibility index (Phi) is 2.18. The summed E-state index contributed by atoms with van der Waals surface area (Å²) in [6.45, 7) is -0.583. The molecule has 4 heteroatoms. The van der Waals surface area contributed by atoms with Crippen LogP contribution in [0.3, 0.4) is 0 Å². The zero-order chi connectivity index (χ0) is 8.27. The van der Waals surface area contributed by atoms with E-state index in [9.17, 15) is 9.59 Å². The van der Waals surface area contributed by atoms with Gasteiger partial charge in [0.2, 0.25) is 5.78 Å². The second-order valence-electron chi connectivity index (χ2n) is 2.02. The van der Waals surface area contributed by atoms with Gasteiger partial charge >= 0.3 is 0 Å². The lowest BCUT2D eigenvalue weighted by Crippen LogP contribution is -2.10. The Labute approximate surface area is 62.5 Å². The minimum Gasteiger partial charge on any atom is -0.388 e. The van der Waals surface area contributed by atoms with Gasteiger partial charge in [-0.15, -0.1) is 0 Å². The third-order valence-electron chi connectivity index (χ3n) is 1.22. The second kappa shape index (κ2) is 3.12. The van der Waals surface area contributed by atoms with E-state index in [-0.39, 0.29) is 11.1 Å². The predicted molar refractivity (Wildman–Crippen MR) is 38.5 cm³/mol. The summed E-state index contributed by atoms with van der Waals surface area (Å²) >= 11 is 0. The number of Topliss-reactive ketones (excluding diaryl/α,β-unsaturated/α-hetero) is 1. The maximum Gasteiger partial charge on any atom is 0.204 e. The van der Waals surface area contributed by atoms with E-state index in [1.54, 1.807) is 0 Å². The molecule has 0 saturated carbocycles. The molecule has 0 fully saturated rings. The molecular weight excluding hydrogens is 146 g/mol. The molecule has 11 heavy (non-hydrogen) atoms. The summed E-state index contributed by atoms with van der Waals surface area (Å²) in [5, 5.41) is 8.41. The van der Waals surface area contributed by atoms with E-state index in [0.29, 0.717) is 0 Å². The van der Waals surface area contributed by atoms with Crippen LogP contribution in [0.5, 0.6) is 0 Å². The lowest BCUT2D eigenvalue weighted by molar-refractivity contribution is 0.0898. The number of H-pyrrole nitrogens is 1. The minimum absolute atomic E-state index is 0.139. The van der Waals surface area contributed by atoms with Crippen LogP contribution < -0.4 is 5.43 Å². The van der Waals surface area contributed by atoms with Crippen LogP contribution >= 0.6 is 0 Å². The van der Waals surface area contributed by atoms with Crippen LogP contribution in [0.25, 0.3) is 0 Å². The summed E-state index contributed by atoms with van der Waals surface area (Å²) in [4.78, 5) is 24.0. The number of aromatic nitrogens is 1. The van der Waals surface area contributed by atoms with E-state index in [2.05, 4.69) is 4.98 Å². The van der Waals surface area contributed by atoms with Gasteiger partial charge in [-0.1, -0.05) is 0 Å². The molecule has 0 aliphatic carbocycles. The van der Waals surface area contributed by atoms with Gasteiger partial charge in [-0.2, -0.15) is 0 Å². The zero-order valence-corrected chi connectivity index (χ0v) is 5.70. The van der Waals surface area contributed by atoms with Crippen LogP contribution in [-0.2, 0) is 0 Å². The summed E-state index contributed by atoms with van der Waals surface area (Å²) in [6, 6.07) is 2.45. The first kappa shape index (κ1) is 7.68. The van der Waals surface area contributed by atoms with Crippen molar-refractivity contribution in [2.45, 2.75) is 0 Å². The highest BCUT2D eigenvalue weighted by molar-refractivity contribution is 5.94. The van der Waals surface area contributed by atoms with Crippen LogP contribution in [-0.4, -0.2) is 22.5 Å². The van der Waals surface area contributed by atoms with E-state index in [1.807, 2.05) is 0 Å². The Bertz CT molecular complexity index is 315. The number of aliphatic hydroxyl groups is 1. The molecule has 2 N–H and O–H groups in total. The zero-order valence-electron chi connectivity index (χ0n) is 5.70. The van der Waals surface area contributed by atoms with Gasteiger partial charge in [0.15, 0.2) is 5.43 Å². The van der Waals surface area contributed by atoms with Crippen LogP contribution in [0.1, 0.15) is 10.5 Å². The fraction of sp³-hybridized carbons (Fsp3) is 0.143. The van der Waals surface area contributed by atoms with E-state index < -0.39 is 12.4 Å². The van der Waals surface area contributed by atoms with Crippen molar-refractivity contribution in [1.82, 2.24) is 4.98 Å². The highest BCUT2D eigenvalue weighted by atomic mass is 16.3. The number of rotatable bonds is 2. The van der Waals surface area contributed by atoms with Crippen LogP contribution in [0.2, 0.25) is 0 Å². The number of carbonyl (C=O) groups excluding carboxylic acids is 1. The molecule has 1 aromatic rings. The molecule has 1 aromatic heterocycles. The van der Waals surface area contributed by atoms with Crippen molar-refractivity contribution >= 4 is 5.78 Å². The maximum absolute atomic E-state index is 10.7. The second-order valence-corrected chi connectivity index (χ2v) is 2.02. The topological polar surface area (TPSA) is 70.2 Å². The molecule has 4 nitrogen and oxygen atoms in total. The molecule has 0 atom stereocenters. The van der Waals surface area contributed by atoms with Crippen molar-refractivity contribution in [3.05, 3.63) is 34.2 Å². The maximum atomic E-state index is 10.7. The largest absolute Gasteiger partial charge is 0.388 e. The predicted octanol–water partition coefficient (Wildman–Crippen LogP) is -0.450. The molecule has 0 saturated heterocycles.